The standard InChI is InChI=1S/C22H16ClN3O9S2.2Na/c23-9-17(27)26-13-6-5-10(7-15(13)36(30,31)32)25-14-8-16(37(33,34)35)20(24)19-18(14)21(28)11-3-1-2-4-12(11)22(19)29;;/h1-8,25H,9,24H2,(H,26,27)(H,30,31,32)(H,33,34,35);;. The summed E-state index contributed by atoms with van der Waals surface area (Å²) in [6.07, 6.45) is 0. The maximum absolute atomic E-state index is 13.4. The van der Waals surface area contributed by atoms with Gasteiger partial charge < -0.3 is 16.4 Å². The van der Waals surface area contributed by atoms with E-state index in [1.165, 1.54) is 30.3 Å². The van der Waals surface area contributed by atoms with Crippen molar-refractivity contribution < 1.29 is 40.3 Å². The smallest absolute Gasteiger partial charge is 0.296 e. The number of ketones is 2. The van der Waals surface area contributed by atoms with Crippen molar-refractivity contribution in [1.82, 2.24) is 0 Å². The number of carbonyl (C=O) groups excluding carboxylic acids is 3. The Hall–Kier alpha value is -1.82. The molecular weight excluding hydrogens is 596 g/mol. The van der Waals surface area contributed by atoms with Crippen molar-refractivity contribution in [3.05, 3.63) is 70.8 Å². The van der Waals surface area contributed by atoms with Crippen LogP contribution in [0, 0.1) is 0 Å². The summed E-state index contributed by atoms with van der Waals surface area (Å²) in [5.41, 5.74) is 3.75. The molecule has 0 atom stereocenters. The fraction of sp³-hybridized carbons (Fsp3) is 0.0455. The number of carbonyl (C=O) groups is 3. The van der Waals surface area contributed by atoms with E-state index < -0.39 is 64.6 Å². The number of nitrogen functional groups attached to an aromatic ring is 1. The van der Waals surface area contributed by atoms with E-state index in [1.54, 1.807) is 0 Å². The average molecular weight is 612 g/mol. The topological polar surface area (TPSA) is 210 Å². The van der Waals surface area contributed by atoms with Crippen molar-refractivity contribution in [2.45, 2.75) is 9.79 Å². The van der Waals surface area contributed by atoms with Gasteiger partial charge in [-0.25, -0.2) is 0 Å². The van der Waals surface area contributed by atoms with Crippen LogP contribution in [0.25, 0.3) is 0 Å². The molecule has 0 saturated heterocycles. The first kappa shape index (κ1) is 33.4. The van der Waals surface area contributed by atoms with E-state index in [-0.39, 0.29) is 92.9 Å². The van der Waals surface area contributed by atoms with Gasteiger partial charge >= 0.3 is 0 Å². The van der Waals surface area contributed by atoms with Crippen LogP contribution >= 0.6 is 11.6 Å². The van der Waals surface area contributed by atoms with Crippen molar-refractivity contribution in [2.24, 2.45) is 0 Å². The van der Waals surface area contributed by atoms with Crippen LogP contribution in [0.4, 0.5) is 22.7 Å². The second-order valence-corrected chi connectivity index (χ2v) is 10.8. The number of nitrogens with one attached hydrogen (secondary N) is 2. The number of amides is 1. The van der Waals surface area contributed by atoms with E-state index in [4.69, 9.17) is 17.3 Å². The molecule has 17 heteroatoms. The number of nitrogens with two attached hydrogens (primary N) is 1. The first-order valence-corrected chi connectivity index (χ1v) is 13.5. The average Bonchev–Trinajstić information content (AvgIpc) is 2.82. The van der Waals surface area contributed by atoms with Crippen LogP contribution in [0.5, 0.6) is 0 Å². The van der Waals surface area contributed by atoms with Crippen molar-refractivity contribution in [2.75, 3.05) is 22.2 Å². The molecule has 0 fully saturated rings. The molecule has 4 rings (SSSR count). The minimum Gasteiger partial charge on any atom is -0.397 e. The quantitative estimate of drug-likeness (QED) is 0.0916. The molecule has 6 N–H and O–H groups in total. The number of anilines is 4. The van der Waals surface area contributed by atoms with Crippen molar-refractivity contribution in [3.63, 3.8) is 0 Å². The normalized spacial score (nSPS) is 12.4. The third kappa shape index (κ3) is 6.57. The van der Waals surface area contributed by atoms with Gasteiger partial charge in [-0.15, -0.1) is 11.6 Å². The molecule has 3 aromatic carbocycles. The Morgan fingerprint density at radius 3 is 1.87 bits per heavy atom. The number of fused-ring (bicyclic) bond motifs is 2. The van der Waals surface area contributed by atoms with Crippen LogP contribution in [-0.4, -0.2) is 108 Å². The third-order valence-electron chi connectivity index (χ3n) is 5.41. The van der Waals surface area contributed by atoms with E-state index in [0.29, 0.717) is 0 Å². The number of benzene rings is 3. The molecule has 1 aliphatic rings. The molecule has 2 radical (unpaired) electrons. The van der Waals surface area contributed by atoms with E-state index in [2.05, 4.69) is 10.6 Å². The molecule has 1 aliphatic carbocycles. The molecule has 0 saturated carbocycles. The molecule has 1 amide bonds. The van der Waals surface area contributed by atoms with Crippen molar-refractivity contribution in [3.8, 4) is 0 Å². The molecule has 0 aliphatic heterocycles. The van der Waals surface area contributed by atoms with E-state index >= 15 is 0 Å². The molecule has 12 nitrogen and oxygen atoms in total. The first-order valence-electron chi connectivity index (χ1n) is 10.1. The summed E-state index contributed by atoms with van der Waals surface area (Å²) < 4.78 is 67.3. The maximum Gasteiger partial charge on any atom is 0.296 e. The van der Waals surface area contributed by atoms with E-state index in [0.717, 1.165) is 18.2 Å². The van der Waals surface area contributed by atoms with Crippen LogP contribution in [-0.2, 0) is 25.0 Å². The summed E-state index contributed by atoms with van der Waals surface area (Å²) in [5, 5.41) is 4.84. The Bertz CT molecular complexity index is 1750. The summed E-state index contributed by atoms with van der Waals surface area (Å²) in [6.45, 7) is 0. The fourth-order valence-corrected chi connectivity index (χ4v) is 5.25. The van der Waals surface area contributed by atoms with Gasteiger partial charge in [0.25, 0.3) is 20.2 Å². The van der Waals surface area contributed by atoms with Gasteiger partial charge in [0.2, 0.25) is 5.91 Å². The number of hydrogen-bond donors (Lipinski definition) is 5. The zero-order valence-electron chi connectivity index (χ0n) is 20.3. The van der Waals surface area contributed by atoms with Crippen LogP contribution in [0.2, 0.25) is 0 Å². The number of alkyl halides is 1. The second-order valence-electron chi connectivity index (χ2n) is 7.76. The molecule has 3 aromatic rings. The number of rotatable bonds is 6. The molecule has 194 valence electrons. The number of halogens is 1. The largest absolute Gasteiger partial charge is 0.397 e. The SMILES string of the molecule is Nc1c(S(=O)(=O)O)cc(Nc2ccc(NC(=O)CCl)c(S(=O)(=O)O)c2)c2c1C(=O)c1ccccc1C2=O.[Na].[Na]. The minimum absolute atomic E-state index is 0. The Morgan fingerprint density at radius 2 is 1.36 bits per heavy atom. The predicted octanol–water partition coefficient (Wildman–Crippen LogP) is 1.70. The molecule has 0 heterocycles. The molecule has 0 aromatic heterocycles. The van der Waals surface area contributed by atoms with Gasteiger partial charge in [-0.3, -0.25) is 23.5 Å². The van der Waals surface area contributed by atoms with Crippen LogP contribution in [0.1, 0.15) is 31.8 Å². The monoisotopic (exact) mass is 611 g/mol. The van der Waals surface area contributed by atoms with E-state index in [1.807, 2.05) is 0 Å². The fourth-order valence-electron chi connectivity index (χ4n) is 3.86. The summed E-state index contributed by atoms with van der Waals surface area (Å²) in [5.74, 6) is -2.73. The van der Waals surface area contributed by atoms with Gasteiger partial charge in [0.15, 0.2) is 11.6 Å². The summed E-state index contributed by atoms with van der Waals surface area (Å²) >= 11 is 5.42. The zero-order chi connectivity index (χ0) is 27.3. The Kier molecular flexibility index (Phi) is 10.6. The maximum atomic E-state index is 13.4. The number of hydrogen-bond acceptors (Lipinski definition) is 9. The second kappa shape index (κ2) is 12.4. The molecule has 39 heavy (non-hydrogen) atoms. The van der Waals surface area contributed by atoms with Crippen LogP contribution in [0.3, 0.4) is 0 Å². The third-order valence-corrected chi connectivity index (χ3v) is 7.44. The summed E-state index contributed by atoms with van der Waals surface area (Å²) in [6, 6.07) is 9.81. The minimum atomic E-state index is -4.98. The van der Waals surface area contributed by atoms with Gasteiger partial charge in [0, 0.05) is 75.9 Å². The Labute approximate surface area is 271 Å². The molecular formula is C22H16ClN3Na2O9S2. The van der Waals surface area contributed by atoms with E-state index in [9.17, 15) is 40.3 Å². The summed E-state index contributed by atoms with van der Waals surface area (Å²) in [4.78, 5) is 36.6. The van der Waals surface area contributed by atoms with Crippen molar-refractivity contribution in [1.29, 1.82) is 0 Å². The predicted molar refractivity (Wildman–Crippen MR) is 144 cm³/mol. The summed E-state index contributed by atoms with van der Waals surface area (Å²) in [7, 11) is -9.87. The molecule has 0 unspecified atom stereocenters. The van der Waals surface area contributed by atoms with Gasteiger partial charge in [0.05, 0.1) is 28.2 Å². The Morgan fingerprint density at radius 1 is 0.821 bits per heavy atom. The molecule has 0 bridgehead atoms. The van der Waals surface area contributed by atoms with Gasteiger partial charge in [-0.2, -0.15) is 16.8 Å². The molecule has 0 spiro atoms. The zero-order valence-corrected chi connectivity index (χ0v) is 26.7. The van der Waals surface area contributed by atoms with Gasteiger partial charge in [-0.05, 0) is 24.3 Å². The first-order chi connectivity index (χ1) is 17.2. The van der Waals surface area contributed by atoms with Crippen molar-refractivity contribution >= 4 is 131 Å². The van der Waals surface area contributed by atoms with Crippen LogP contribution in [0.15, 0.2) is 58.3 Å². The van der Waals surface area contributed by atoms with Gasteiger partial charge in [0.1, 0.15) is 15.7 Å². The van der Waals surface area contributed by atoms with Gasteiger partial charge in [-0.1, -0.05) is 24.3 Å². The Balaban J connectivity index is 0.00000267. The van der Waals surface area contributed by atoms with Crippen LogP contribution < -0.4 is 16.4 Å².